The largest absolute Gasteiger partial charge is 0.353 e. The van der Waals surface area contributed by atoms with Crippen LogP contribution in [0, 0.1) is 5.82 Å². The molecule has 132 valence electrons. The molecule has 0 atom stereocenters. The van der Waals surface area contributed by atoms with Gasteiger partial charge in [-0.25, -0.2) is 9.37 Å². The van der Waals surface area contributed by atoms with E-state index in [0.717, 1.165) is 37.8 Å². The summed E-state index contributed by atoms with van der Waals surface area (Å²) in [6, 6.07) is 12.1. The Balaban J connectivity index is 1.43. The van der Waals surface area contributed by atoms with E-state index >= 15 is 0 Å². The van der Waals surface area contributed by atoms with E-state index in [2.05, 4.69) is 35.3 Å². The van der Waals surface area contributed by atoms with Gasteiger partial charge in [-0.2, -0.15) is 10.1 Å². The highest BCUT2D eigenvalue weighted by Gasteiger charge is 2.19. The molecule has 1 aliphatic heterocycles. The van der Waals surface area contributed by atoms with Crippen LogP contribution >= 0.6 is 0 Å². The fraction of sp³-hybridized carbons (Fsp3) is 0.222. The van der Waals surface area contributed by atoms with Gasteiger partial charge in [-0.15, -0.1) is 5.10 Å². The maximum atomic E-state index is 13.3. The van der Waals surface area contributed by atoms with Gasteiger partial charge in [-0.3, -0.25) is 0 Å². The van der Waals surface area contributed by atoms with Crippen molar-refractivity contribution in [3.05, 3.63) is 60.7 Å². The van der Waals surface area contributed by atoms with Gasteiger partial charge in [-0.05, 0) is 30.3 Å². The zero-order chi connectivity index (χ0) is 17.8. The fourth-order valence-electron chi connectivity index (χ4n) is 2.90. The number of pyridine rings is 1. The molecule has 8 heteroatoms. The van der Waals surface area contributed by atoms with E-state index in [1.807, 2.05) is 18.2 Å². The number of piperazine rings is 1. The fourth-order valence-corrected chi connectivity index (χ4v) is 2.90. The summed E-state index contributed by atoms with van der Waals surface area (Å²) in [5.41, 5.74) is 0.587. The topological polar surface area (TPSA) is 70.1 Å². The van der Waals surface area contributed by atoms with Gasteiger partial charge in [0.25, 0.3) is 0 Å². The highest BCUT2D eigenvalue weighted by atomic mass is 19.1. The molecule has 4 rings (SSSR count). The lowest BCUT2D eigenvalue weighted by molar-refractivity contribution is 0.628. The number of anilines is 4. The van der Waals surface area contributed by atoms with E-state index < -0.39 is 0 Å². The van der Waals surface area contributed by atoms with Crippen molar-refractivity contribution >= 4 is 23.3 Å². The van der Waals surface area contributed by atoms with Crippen LogP contribution in [0.4, 0.5) is 27.7 Å². The molecular weight excluding hydrogens is 333 g/mol. The first-order valence-electron chi connectivity index (χ1n) is 8.41. The van der Waals surface area contributed by atoms with Gasteiger partial charge in [0.15, 0.2) is 5.82 Å². The molecule has 2 aromatic heterocycles. The van der Waals surface area contributed by atoms with Crippen LogP contribution in [0.25, 0.3) is 0 Å². The third-order valence-electron chi connectivity index (χ3n) is 4.20. The average Bonchev–Trinajstić information content (AvgIpc) is 2.69. The molecule has 1 aromatic carbocycles. The Morgan fingerprint density at radius 2 is 1.73 bits per heavy atom. The summed E-state index contributed by atoms with van der Waals surface area (Å²) < 4.78 is 13.3. The van der Waals surface area contributed by atoms with Crippen molar-refractivity contribution in [3.8, 4) is 0 Å². The number of benzene rings is 1. The molecule has 0 amide bonds. The predicted molar refractivity (Wildman–Crippen MR) is 98.2 cm³/mol. The van der Waals surface area contributed by atoms with Crippen molar-refractivity contribution in [2.24, 2.45) is 0 Å². The molecule has 0 spiro atoms. The Labute approximate surface area is 150 Å². The Hall–Kier alpha value is -3.29. The summed E-state index contributed by atoms with van der Waals surface area (Å²) in [5.74, 6) is 1.77. The molecule has 0 radical (unpaired) electrons. The van der Waals surface area contributed by atoms with Gasteiger partial charge in [0.05, 0.1) is 6.20 Å². The van der Waals surface area contributed by atoms with E-state index in [1.54, 1.807) is 24.5 Å². The Morgan fingerprint density at radius 1 is 0.923 bits per heavy atom. The molecule has 3 heterocycles. The summed E-state index contributed by atoms with van der Waals surface area (Å²) in [7, 11) is 0. The van der Waals surface area contributed by atoms with Crippen molar-refractivity contribution in [2.75, 3.05) is 41.3 Å². The van der Waals surface area contributed by atoms with Gasteiger partial charge >= 0.3 is 0 Å². The third kappa shape index (κ3) is 3.69. The number of rotatable bonds is 4. The molecule has 1 fully saturated rings. The first-order valence-corrected chi connectivity index (χ1v) is 8.41. The molecule has 1 aliphatic rings. The highest BCUT2D eigenvalue weighted by molar-refractivity contribution is 5.54. The molecule has 7 nitrogen and oxygen atoms in total. The monoisotopic (exact) mass is 351 g/mol. The zero-order valence-electron chi connectivity index (χ0n) is 14.1. The molecular formula is C18H18FN7. The van der Waals surface area contributed by atoms with Crippen molar-refractivity contribution < 1.29 is 4.39 Å². The summed E-state index contributed by atoms with van der Waals surface area (Å²) in [5, 5.41) is 11.0. The van der Waals surface area contributed by atoms with Crippen LogP contribution in [0.5, 0.6) is 0 Å². The molecule has 0 bridgehead atoms. The van der Waals surface area contributed by atoms with Gasteiger partial charge in [0.1, 0.15) is 11.6 Å². The smallest absolute Gasteiger partial charge is 0.249 e. The predicted octanol–water partition coefficient (Wildman–Crippen LogP) is 2.48. The zero-order valence-corrected chi connectivity index (χ0v) is 14.1. The van der Waals surface area contributed by atoms with E-state index in [1.165, 1.54) is 12.1 Å². The molecule has 0 unspecified atom stereocenters. The SMILES string of the molecule is Fc1cccc(Nc2nncc(N3CCN(c4ccccn4)CC3)n2)c1. The minimum Gasteiger partial charge on any atom is -0.353 e. The summed E-state index contributed by atoms with van der Waals surface area (Å²) in [6.45, 7) is 3.34. The molecule has 0 aliphatic carbocycles. The second-order valence-electron chi connectivity index (χ2n) is 5.94. The Bertz CT molecular complexity index is 866. The number of hydrogen-bond acceptors (Lipinski definition) is 7. The van der Waals surface area contributed by atoms with Crippen LogP contribution in [0.2, 0.25) is 0 Å². The highest BCUT2D eigenvalue weighted by Crippen LogP contribution is 2.19. The van der Waals surface area contributed by atoms with Crippen LogP contribution in [0.3, 0.4) is 0 Å². The molecule has 1 saturated heterocycles. The summed E-state index contributed by atoms with van der Waals surface area (Å²) in [6.07, 6.45) is 3.45. The maximum absolute atomic E-state index is 13.3. The minimum atomic E-state index is -0.315. The normalized spacial score (nSPS) is 14.3. The third-order valence-corrected chi connectivity index (χ3v) is 4.20. The molecule has 0 saturated carbocycles. The van der Waals surface area contributed by atoms with Crippen molar-refractivity contribution in [1.29, 1.82) is 0 Å². The number of halogens is 1. The average molecular weight is 351 g/mol. The number of hydrogen-bond donors (Lipinski definition) is 1. The van der Waals surface area contributed by atoms with Gasteiger partial charge in [-0.1, -0.05) is 12.1 Å². The Morgan fingerprint density at radius 3 is 2.46 bits per heavy atom. The van der Waals surface area contributed by atoms with Crippen LogP contribution < -0.4 is 15.1 Å². The molecule has 26 heavy (non-hydrogen) atoms. The van der Waals surface area contributed by atoms with Crippen molar-refractivity contribution in [3.63, 3.8) is 0 Å². The first-order chi connectivity index (χ1) is 12.8. The van der Waals surface area contributed by atoms with Gasteiger partial charge in [0, 0.05) is 38.1 Å². The first kappa shape index (κ1) is 16.2. The van der Waals surface area contributed by atoms with Crippen molar-refractivity contribution in [2.45, 2.75) is 0 Å². The maximum Gasteiger partial charge on any atom is 0.249 e. The number of nitrogens with zero attached hydrogens (tertiary/aromatic N) is 6. The van der Waals surface area contributed by atoms with Crippen LogP contribution in [-0.4, -0.2) is 46.3 Å². The molecule has 3 aromatic rings. The number of aromatic nitrogens is 4. The summed E-state index contributed by atoms with van der Waals surface area (Å²) in [4.78, 5) is 13.3. The van der Waals surface area contributed by atoms with Gasteiger partial charge in [0.2, 0.25) is 5.95 Å². The second kappa shape index (κ2) is 7.30. The van der Waals surface area contributed by atoms with Gasteiger partial charge < -0.3 is 15.1 Å². The van der Waals surface area contributed by atoms with Crippen LogP contribution in [0.1, 0.15) is 0 Å². The Kier molecular flexibility index (Phi) is 4.55. The van der Waals surface area contributed by atoms with Crippen molar-refractivity contribution in [1.82, 2.24) is 20.2 Å². The quantitative estimate of drug-likeness (QED) is 0.774. The number of nitrogens with one attached hydrogen (secondary N) is 1. The minimum absolute atomic E-state index is 0.315. The lowest BCUT2D eigenvalue weighted by Gasteiger charge is -2.35. The van der Waals surface area contributed by atoms with E-state index in [4.69, 9.17) is 0 Å². The van der Waals surface area contributed by atoms with E-state index in [0.29, 0.717) is 11.6 Å². The van der Waals surface area contributed by atoms with E-state index in [9.17, 15) is 4.39 Å². The lowest BCUT2D eigenvalue weighted by Crippen LogP contribution is -2.47. The van der Waals surface area contributed by atoms with E-state index in [-0.39, 0.29) is 5.82 Å². The standard InChI is InChI=1S/C18H18FN7/c19-14-4-3-5-15(12-14)22-18-23-17(13-21-24-18)26-10-8-25(9-11-26)16-6-1-2-7-20-16/h1-7,12-13H,8-11H2,(H,22,23,24). The second-order valence-corrected chi connectivity index (χ2v) is 5.94. The summed E-state index contributed by atoms with van der Waals surface area (Å²) >= 11 is 0. The van der Waals surface area contributed by atoms with Crippen LogP contribution in [0.15, 0.2) is 54.9 Å². The lowest BCUT2D eigenvalue weighted by atomic mass is 10.3. The molecule has 1 N–H and O–H groups in total. The van der Waals surface area contributed by atoms with Crippen LogP contribution in [-0.2, 0) is 0 Å².